The zero-order valence-corrected chi connectivity index (χ0v) is 12.0. The number of ether oxygens (including phenoxy) is 1. The minimum atomic E-state index is 0.698. The number of fused-ring (bicyclic) bond motifs is 1. The quantitative estimate of drug-likeness (QED) is 0.768. The van der Waals surface area contributed by atoms with Gasteiger partial charge in [-0.2, -0.15) is 0 Å². The number of hydrogen-bond acceptors (Lipinski definition) is 5. The molecule has 0 spiro atoms. The number of alkyl halides is 1. The summed E-state index contributed by atoms with van der Waals surface area (Å²) in [4.78, 5) is 10.9. The van der Waals surface area contributed by atoms with E-state index in [4.69, 9.17) is 4.74 Å². The number of thiophene rings is 1. The highest BCUT2D eigenvalue weighted by Crippen LogP contribution is 2.27. The van der Waals surface area contributed by atoms with Gasteiger partial charge in [0.1, 0.15) is 12.1 Å². The summed E-state index contributed by atoms with van der Waals surface area (Å²) in [6.45, 7) is 2.45. The van der Waals surface area contributed by atoms with Gasteiger partial charge in [0.2, 0.25) is 0 Å². The summed E-state index contributed by atoms with van der Waals surface area (Å²) < 4.78 is 6.28. The Labute approximate surface area is 113 Å². The SMILES string of the molecule is COCCN(CCBr)c1ncnc2ccsc12. The molecule has 0 amide bonds. The summed E-state index contributed by atoms with van der Waals surface area (Å²) in [5.74, 6) is 1.00. The largest absolute Gasteiger partial charge is 0.383 e. The number of halogens is 1. The summed E-state index contributed by atoms with van der Waals surface area (Å²) in [6.07, 6.45) is 1.62. The summed E-state index contributed by atoms with van der Waals surface area (Å²) in [5.41, 5.74) is 1.01. The molecule has 2 aromatic rings. The Morgan fingerprint density at radius 3 is 3.06 bits per heavy atom. The van der Waals surface area contributed by atoms with Crippen LogP contribution < -0.4 is 4.90 Å². The molecule has 0 atom stereocenters. The number of methoxy groups -OCH3 is 1. The molecule has 0 aromatic carbocycles. The zero-order chi connectivity index (χ0) is 12.1. The van der Waals surface area contributed by atoms with Crippen molar-refractivity contribution in [1.29, 1.82) is 0 Å². The molecule has 0 aliphatic rings. The van der Waals surface area contributed by atoms with E-state index in [9.17, 15) is 0 Å². The number of aromatic nitrogens is 2. The molecule has 4 nitrogen and oxygen atoms in total. The lowest BCUT2D eigenvalue weighted by Crippen LogP contribution is -2.30. The van der Waals surface area contributed by atoms with Gasteiger partial charge in [-0.15, -0.1) is 11.3 Å². The Balaban J connectivity index is 2.30. The van der Waals surface area contributed by atoms with E-state index < -0.39 is 0 Å². The fourth-order valence-electron chi connectivity index (χ4n) is 1.63. The third-order valence-electron chi connectivity index (χ3n) is 2.44. The third-order valence-corrected chi connectivity index (χ3v) is 3.70. The first-order valence-electron chi connectivity index (χ1n) is 5.35. The van der Waals surface area contributed by atoms with Crippen LogP contribution in [-0.4, -0.2) is 42.1 Å². The van der Waals surface area contributed by atoms with Crippen LogP contribution in [0.3, 0.4) is 0 Å². The second kappa shape index (κ2) is 6.28. The maximum absolute atomic E-state index is 5.14. The van der Waals surface area contributed by atoms with E-state index in [-0.39, 0.29) is 0 Å². The lowest BCUT2D eigenvalue weighted by atomic mass is 10.4. The van der Waals surface area contributed by atoms with Gasteiger partial charge >= 0.3 is 0 Å². The molecular formula is C11H14BrN3OS. The minimum absolute atomic E-state index is 0.698. The van der Waals surface area contributed by atoms with Crippen LogP contribution >= 0.6 is 27.3 Å². The maximum atomic E-state index is 5.14. The van der Waals surface area contributed by atoms with E-state index in [2.05, 4.69) is 30.8 Å². The van der Waals surface area contributed by atoms with Crippen molar-refractivity contribution in [3.63, 3.8) is 0 Å². The number of nitrogens with zero attached hydrogens (tertiary/aromatic N) is 3. The summed E-state index contributed by atoms with van der Waals surface area (Å²) >= 11 is 5.15. The lowest BCUT2D eigenvalue weighted by molar-refractivity contribution is 0.205. The van der Waals surface area contributed by atoms with Gasteiger partial charge in [-0.05, 0) is 11.4 Å². The molecule has 17 heavy (non-hydrogen) atoms. The molecule has 2 heterocycles. The Morgan fingerprint density at radius 1 is 1.41 bits per heavy atom. The highest BCUT2D eigenvalue weighted by molar-refractivity contribution is 9.09. The van der Waals surface area contributed by atoms with Crippen molar-refractivity contribution in [2.45, 2.75) is 0 Å². The lowest BCUT2D eigenvalue weighted by Gasteiger charge is -2.22. The molecule has 0 saturated heterocycles. The maximum Gasteiger partial charge on any atom is 0.150 e. The first-order chi connectivity index (χ1) is 8.36. The molecule has 92 valence electrons. The van der Waals surface area contributed by atoms with Crippen LogP contribution in [0.15, 0.2) is 17.8 Å². The second-order valence-corrected chi connectivity index (χ2v) is 5.21. The highest BCUT2D eigenvalue weighted by Gasteiger charge is 2.12. The fourth-order valence-corrected chi connectivity index (χ4v) is 2.92. The predicted octanol–water partition coefficient (Wildman–Crippen LogP) is 2.54. The van der Waals surface area contributed by atoms with Gasteiger partial charge in [0.15, 0.2) is 0 Å². The smallest absolute Gasteiger partial charge is 0.150 e. The number of hydrogen-bond donors (Lipinski definition) is 0. The van der Waals surface area contributed by atoms with E-state index in [0.29, 0.717) is 6.61 Å². The Hall–Kier alpha value is -0.720. The van der Waals surface area contributed by atoms with E-state index in [1.54, 1.807) is 24.8 Å². The Morgan fingerprint density at radius 2 is 2.29 bits per heavy atom. The molecule has 0 saturated carbocycles. The molecule has 0 aliphatic carbocycles. The van der Waals surface area contributed by atoms with Crippen molar-refractivity contribution in [3.05, 3.63) is 17.8 Å². The topological polar surface area (TPSA) is 38.2 Å². The summed E-state index contributed by atoms with van der Waals surface area (Å²) in [5, 5.41) is 2.96. The molecular weight excluding hydrogens is 302 g/mol. The zero-order valence-electron chi connectivity index (χ0n) is 9.60. The Bertz CT molecular complexity index is 476. The van der Waals surface area contributed by atoms with Crippen molar-refractivity contribution in [1.82, 2.24) is 9.97 Å². The third kappa shape index (κ3) is 2.94. The van der Waals surface area contributed by atoms with Gasteiger partial charge in [-0.25, -0.2) is 9.97 Å². The first-order valence-corrected chi connectivity index (χ1v) is 7.35. The highest BCUT2D eigenvalue weighted by atomic mass is 79.9. The second-order valence-electron chi connectivity index (χ2n) is 3.50. The van der Waals surface area contributed by atoms with Gasteiger partial charge in [-0.3, -0.25) is 0 Å². The van der Waals surface area contributed by atoms with Crippen LogP contribution in [0.4, 0.5) is 5.82 Å². The van der Waals surface area contributed by atoms with Crippen LogP contribution in [0.1, 0.15) is 0 Å². The molecule has 0 unspecified atom stereocenters. The Kier molecular flexibility index (Phi) is 4.70. The average Bonchev–Trinajstić information content (AvgIpc) is 2.82. The molecule has 2 rings (SSSR count). The minimum Gasteiger partial charge on any atom is -0.383 e. The average molecular weight is 316 g/mol. The van der Waals surface area contributed by atoms with Gasteiger partial charge in [0.25, 0.3) is 0 Å². The predicted molar refractivity (Wildman–Crippen MR) is 75.3 cm³/mol. The van der Waals surface area contributed by atoms with E-state index in [1.165, 1.54) is 0 Å². The van der Waals surface area contributed by atoms with Crippen molar-refractivity contribution in [2.75, 3.05) is 37.0 Å². The molecule has 2 aromatic heterocycles. The van der Waals surface area contributed by atoms with Crippen LogP contribution in [0.25, 0.3) is 10.2 Å². The van der Waals surface area contributed by atoms with Gasteiger partial charge < -0.3 is 9.64 Å². The van der Waals surface area contributed by atoms with Crippen molar-refractivity contribution in [2.24, 2.45) is 0 Å². The standard InChI is InChI=1S/C11H14BrN3OS/c1-16-6-5-15(4-3-12)11-10-9(2-7-17-10)13-8-14-11/h2,7-8H,3-6H2,1H3. The van der Waals surface area contributed by atoms with E-state index >= 15 is 0 Å². The van der Waals surface area contributed by atoms with E-state index in [1.807, 2.05) is 11.4 Å². The molecule has 0 aliphatic heterocycles. The van der Waals surface area contributed by atoms with Gasteiger partial charge in [-0.1, -0.05) is 15.9 Å². The monoisotopic (exact) mass is 315 g/mol. The first kappa shape index (κ1) is 12.7. The van der Waals surface area contributed by atoms with E-state index in [0.717, 1.165) is 34.5 Å². The number of rotatable bonds is 6. The van der Waals surface area contributed by atoms with Crippen molar-refractivity contribution in [3.8, 4) is 0 Å². The fraction of sp³-hybridized carbons (Fsp3) is 0.455. The van der Waals surface area contributed by atoms with Crippen LogP contribution in [-0.2, 0) is 4.74 Å². The number of anilines is 1. The normalized spacial score (nSPS) is 10.9. The summed E-state index contributed by atoms with van der Waals surface area (Å²) in [6, 6.07) is 2.02. The van der Waals surface area contributed by atoms with Gasteiger partial charge in [0, 0.05) is 25.5 Å². The molecule has 0 fully saturated rings. The van der Waals surface area contributed by atoms with Crippen LogP contribution in [0, 0.1) is 0 Å². The molecule has 6 heteroatoms. The van der Waals surface area contributed by atoms with Crippen molar-refractivity contribution < 1.29 is 4.74 Å². The molecule has 0 N–H and O–H groups in total. The van der Waals surface area contributed by atoms with Gasteiger partial charge in [0.05, 0.1) is 16.8 Å². The molecule has 0 radical (unpaired) electrons. The van der Waals surface area contributed by atoms with Crippen molar-refractivity contribution >= 4 is 43.3 Å². The molecule has 0 bridgehead atoms. The summed E-state index contributed by atoms with van der Waals surface area (Å²) in [7, 11) is 1.72. The van der Waals surface area contributed by atoms with Crippen LogP contribution in [0.2, 0.25) is 0 Å². The van der Waals surface area contributed by atoms with Crippen LogP contribution in [0.5, 0.6) is 0 Å².